The van der Waals surface area contributed by atoms with Crippen LogP contribution < -0.4 is 30.3 Å². The Kier molecular flexibility index (Phi) is 8.81. The number of benzene rings is 6. The minimum Gasteiger partial charge on any atom is -0.464 e. The molecule has 6 aromatic rings. The molecule has 0 aliphatic heterocycles. The van der Waals surface area contributed by atoms with Crippen molar-refractivity contribution in [2.45, 2.75) is 0 Å². The minimum absolute atomic E-state index is 0.0464. The number of ketones is 1. The van der Waals surface area contributed by atoms with Gasteiger partial charge in [0, 0.05) is 32.3 Å². The number of hydrogen-bond donors (Lipinski definition) is 0. The average molecular weight is 583 g/mol. The van der Waals surface area contributed by atoms with Gasteiger partial charge in [0.2, 0.25) is 0 Å². The van der Waals surface area contributed by atoms with E-state index < -0.39 is 16.3 Å². The summed E-state index contributed by atoms with van der Waals surface area (Å²) in [7, 11) is -2.08. The fourth-order valence-electron chi connectivity index (χ4n) is 4.47. The van der Waals surface area contributed by atoms with Crippen molar-refractivity contribution in [2.75, 3.05) is 0 Å². The highest BCUT2D eigenvalue weighted by atomic mass is 31.1. The molecule has 0 fully saturated rings. The molecule has 0 radical (unpaired) electrons. The zero-order chi connectivity index (χ0) is 28.6. The van der Waals surface area contributed by atoms with Gasteiger partial charge in [-0.25, -0.2) is 0 Å². The van der Waals surface area contributed by atoms with E-state index in [0.29, 0.717) is 11.1 Å². The van der Waals surface area contributed by atoms with Crippen LogP contribution in [0.1, 0.15) is 15.9 Å². The van der Waals surface area contributed by atoms with E-state index in [1.54, 1.807) is 0 Å². The Morgan fingerprint density at radius 1 is 0.357 bits per heavy atom. The number of hydrogen-bond acceptors (Lipinski definition) is 3. The second kappa shape index (κ2) is 13.4. The van der Waals surface area contributed by atoms with E-state index in [9.17, 15) is 4.79 Å². The van der Waals surface area contributed by atoms with E-state index in [1.165, 1.54) is 0 Å². The molecule has 0 aromatic heterocycles. The van der Waals surface area contributed by atoms with Crippen molar-refractivity contribution in [1.82, 2.24) is 0 Å². The fraction of sp³-hybridized carbons (Fsp3) is 0. The van der Waals surface area contributed by atoms with Crippen LogP contribution in [0.15, 0.2) is 170 Å². The highest BCUT2D eigenvalue weighted by Crippen LogP contribution is 2.38. The molecule has 204 valence electrons. The van der Waals surface area contributed by atoms with Crippen LogP contribution in [-0.2, 0) is 0 Å². The van der Waals surface area contributed by atoms with E-state index in [-0.39, 0.29) is 5.78 Å². The summed E-state index contributed by atoms with van der Waals surface area (Å²) in [6, 6.07) is 55.8. The third-order valence-corrected chi connectivity index (χ3v) is 10.4. The van der Waals surface area contributed by atoms with Gasteiger partial charge in [0.25, 0.3) is 0 Å². The lowest BCUT2D eigenvalue weighted by atomic mass is 10.0. The monoisotopic (exact) mass is 582 g/mol. The van der Waals surface area contributed by atoms with Gasteiger partial charge >= 0.3 is 0 Å². The Morgan fingerprint density at radius 3 is 0.881 bits per heavy atom. The van der Waals surface area contributed by atoms with Crippen LogP contribution >= 0.6 is 16.3 Å². The summed E-state index contributed by atoms with van der Waals surface area (Å²) in [5, 5.41) is 4.52. The van der Waals surface area contributed by atoms with Gasteiger partial charge in [-0.3, -0.25) is 4.79 Å². The first-order valence-electron chi connectivity index (χ1n) is 13.7. The largest absolute Gasteiger partial charge is 0.464 e. The summed E-state index contributed by atoms with van der Waals surface area (Å²) >= 11 is 0. The van der Waals surface area contributed by atoms with Crippen LogP contribution in [0.2, 0.25) is 0 Å². The predicted molar refractivity (Wildman–Crippen MR) is 176 cm³/mol. The maximum absolute atomic E-state index is 13.3. The maximum Gasteiger partial charge on any atom is 0.193 e. The summed E-state index contributed by atoms with van der Waals surface area (Å²) in [5.41, 5.74) is 1.21. The summed E-state index contributed by atoms with van der Waals surface area (Å²) in [5.74, 6) is 1.41. The van der Waals surface area contributed by atoms with Gasteiger partial charge in [0.1, 0.15) is 11.5 Å². The molecule has 0 spiro atoms. The third kappa shape index (κ3) is 6.67. The normalized spacial score (nSPS) is 10.9. The summed E-state index contributed by atoms with van der Waals surface area (Å²) < 4.78 is 13.0. The van der Waals surface area contributed by atoms with E-state index in [4.69, 9.17) is 9.05 Å². The molecule has 0 aliphatic carbocycles. The van der Waals surface area contributed by atoms with Gasteiger partial charge in [-0.1, -0.05) is 121 Å². The van der Waals surface area contributed by atoms with E-state index >= 15 is 0 Å². The second-order valence-electron chi connectivity index (χ2n) is 9.49. The fourth-order valence-corrected chi connectivity index (χ4v) is 7.93. The highest BCUT2D eigenvalue weighted by Gasteiger charge is 2.19. The Hall–Kier alpha value is -4.55. The van der Waals surface area contributed by atoms with Crippen molar-refractivity contribution in [3.8, 4) is 11.5 Å². The van der Waals surface area contributed by atoms with Gasteiger partial charge in [-0.05, 0) is 48.5 Å². The Labute approximate surface area is 249 Å². The SMILES string of the molecule is O=C(c1ccc(OP(c2ccccc2)c2ccccc2)cc1)c1ccc(OP(c2ccccc2)c2ccccc2)cc1. The van der Waals surface area contributed by atoms with Crippen LogP contribution in [0.5, 0.6) is 11.5 Å². The average Bonchev–Trinajstić information content (AvgIpc) is 3.08. The molecule has 0 saturated heterocycles. The molecular formula is C37H28O3P2. The van der Waals surface area contributed by atoms with Gasteiger partial charge in [-0.15, -0.1) is 0 Å². The lowest BCUT2D eigenvalue weighted by molar-refractivity contribution is 0.103. The molecule has 0 amide bonds. The zero-order valence-electron chi connectivity index (χ0n) is 22.8. The van der Waals surface area contributed by atoms with Gasteiger partial charge in [-0.2, -0.15) is 0 Å². The second-order valence-corrected chi connectivity index (χ2v) is 13.1. The molecule has 0 bridgehead atoms. The maximum atomic E-state index is 13.3. The quantitative estimate of drug-likeness (QED) is 0.122. The van der Waals surface area contributed by atoms with Crippen LogP contribution in [0, 0.1) is 0 Å². The Bertz CT molecular complexity index is 1500. The summed E-state index contributed by atoms with van der Waals surface area (Å²) in [6.45, 7) is 0. The standard InChI is InChI=1S/C37H28O3P2/c38-37(29-21-25-31(26-22-29)39-41(33-13-5-1-6-14-33)34-15-7-2-8-16-34)30-23-27-32(28-24-30)40-42(35-17-9-3-10-18-35)36-19-11-4-12-20-36/h1-28H. The lowest BCUT2D eigenvalue weighted by Gasteiger charge is -2.19. The first-order valence-corrected chi connectivity index (χ1v) is 16.2. The molecule has 0 unspecified atom stereocenters. The van der Waals surface area contributed by atoms with Gasteiger partial charge in [0.15, 0.2) is 22.1 Å². The number of carbonyl (C=O) groups is 1. The van der Waals surface area contributed by atoms with Crippen molar-refractivity contribution in [1.29, 1.82) is 0 Å². The molecule has 0 aliphatic rings. The Morgan fingerprint density at radius 2 is 0.619 bits per heavy atom. The van der Waals surface area contributed by atoms with E-state index in [0.717, 1.165) is 32.7 Å². The zero-order valence-corrected chi connectivity index (χ0v) is 24.6. The number of carbonyl (C=O) groups excluding carboxylic acids is 1. The van der Waals surface area contributed by atoms with Crippen LogP contribution in [0.4, 0.5) is 0 Å². The molecule has 42 heavy (non-hydrogen) atoms. The summed E-state index contributed by atoms with van der Waals surface area (Å²) in [4.78, 5) is 13.3. The van der Waals surface area contributed by atoms with Crippen LogP contribution in [-0.4, -0.2) is 5.78 Å². The van der Waals surface area contributed by atoms with Crippen LogP contribution in [0.3, 0.4) is 0 Å². The Balaban J connectivity index is 1.17. The smallest absolute Gasteiger partial charge is 0.193 e. The molecule has 0 heterocycles. The molecule has 0 saturated carbocycles. The van der Waals surface area contributed by atoms with Crippen molar-refractivity contribution < 1.29 is 13.8 Å². The van der Waals surface area contributed by atoms with E-state index in [2.05, 4.69) is 48.5 Å². The van der Waals surface area contributed by atoms with Crippen LogP contribution in [0.25, 0.3) is 0 Å². The number of rotatable bonds is 10. The molecule has 0 N–H and O–H groups in total. The van der Waals surface area contributed by atoms with Crippen molar-refractivity contribution >= 4 is 43.3 Å². The first kappa shape index (κ1) is 27.6. The third-order valence-electron chi connectivity index (χ3n) is 6.59. The predicted octanol–water partition coefficient (Wildman–Crippen LogP) is 7.77. The summed E-state index contributed by atoms with van der Waals surface area (Å²) in [6.07, 6.45) is 0. The topological polar surface area (TPSA) is 35.5 Å². The molecular weight excluding hydrogens is 554 g/mol. The van der Waals surface area contributed by atoms with Gasteiger partial charge in [0.05, 0.1) is 0 Å². The van der Waals surface area contributed by atoms with Gasteiger partial charge < -0.3 is 9.05 Å². The lowest BCUT2D eigenvalue weighted by Crippen LogP contribution is -2.15. The minimum atomic E-state index is -1.04. The first-order chi connectivity index (χ1) is 20.7. The van der Waals surface area contributed by atoms with Crippen molar-refractivity contribution in [3.63, 3.8) is 0 Å². The molecule has 6 aromatic carbocycles. The molecule has 0 atom stereocenters. The van der Waals surface area contributed by atoms with Crippen molar-refractivity contribution in [3.05, 3.63) is 181 Å². The van der Waals surface area contributed by atoms with Crippen molar-refractivity contribution in [2.24, 2.45) is 0 Å². The van der Waals surface area contributed by atoms with E-state index in [1.807, 2.05) is 121 Å². The molecule has 6 rings (SSSR count). The molecule has 3 nitrogen and oxygen atoms in total. The highest BCUT2D eigenvalue weighted by molar-refractivity contribution is 7.69. The molecule has 5 heteroatoms.